The molecule has 0 unspecified atom stereocenters. The smallest absolute Gasteiger partial charge is 0.128 e. The van der Waals surface area contributed by atoms with Crippen molar-refractivity contribution in [2.75, 3.05) is 14.1 Å². The number of thioether (sulfide) groups is 1. The summed E-state index contributed by atoms with van der Waals surface area (Å²) in [6, 6.07) is 4.60. The van der Waals surface area contributed by atoms with Crippen molar-refractivity contribution in [3.63, 3.8) is 0 Å². The Balaban J connectivity index is 2.59. The maximum Gasteiger partial charge on any atom is 0.128 e. The van der Waals surface area contributed by atoms with Gasteiger partial charge in [-0.25, -0.2) is 4.39 Å². The summed E-state index contributed by atoms with van der Waals surface area (Å²) < 4.78 is 13.4. The van der Waals surface area contributed by atoms with Crippen LogP contribution in [0.5, 0.6) is 0 Å². The van der Waals surface area contributed by atoms with Gasteiger partial charge in [0.2, 0.25) is 0 Å². The minimum atomic E-state index is -0.325. The Labute approximate surface area is 110 Å². The number of halogens is 2. The first kappa shape index (κ1) is 14.1. The Kier molecular flexibility index (Phi) is 5.51. The van der Waals surface area contributed by atoms with E-state index in [0.29, 0.717) is 21.4 Å². The first-order valence-electron chi connectivity index (χ1n) is 4.99. The second-order valence-corrected chi connectivity index (χ2v) is 5.06. The van der Waals surface area contributed by atoms with E-state index in [0.717, 1.165) is 0 Å². The fraction of sp³-hybridized carbons (Fsp3) is 0.250. The van der Waals surface area contributed by atoms with Crippen LogP contribution in [0.2, 0.25) is 5.02 Å². The van der Waals surface area contributed by atoms with Gasteiger partial charge in [-0.15, -0.1) is 11.8 Å². The van der Waals surface area contributed by atoms with Gasteiger partial charge in [0, 0.05) is 36.6 Å². The van der Waals surface area contributed by atoms with Crippen LogP contribution in [-0.2, 0) is 5.75 Å². The predicted octanol–water partition coefficient (Wildman–Crippen LogP) is 3.76. The highest BCUT2D eigenvalue weighted by Crippen LogP contribution is 2.24. The third-order valence-corrected chi connectivity index (χ3v) is 3.19. The second kappa shape index (κ2) is 6.67. The normalized spacial score (nSPS) is 10.8. The van der Waals surface area contributed by atoms with Crippen molar-refractivity contribution in [2.24, 2.45) is 0 Å². The van der Waals surface area contributed by atoms with Gasteiger partial charge in [-0.05, 0) is 18.2 Å². The largest absolute Gasteiger partial charge is 0.383 e. The quantitative estimate of drug-likeness (QED) is 0.667. The van der Waals surface area contributed by atoms with Gasteiger partial charge >= 0.3 is 0 Å². The van der Waals surface area contributed by atoms with E-state index < -0.39 is 0 Å². The summed E-state index contributed by atoms with van der Waals surface area (Å²) in [5.74, 6) is 0.0386. The third kappa shape index (κ3) is 4.79. The number of benzene rings is 1. The number of nitrogens with zero attached hydrogens (tertiary/aromatic N) is 1. The number of nitrogens with one attached hydrogen (secondary N) is 1. The predicted molar refractivity (Wildman–Crippen MR) is 73.3 cm³/mol. The summed E-state index contributed by atoms with van der Waals surface area (Å²) in [6.45, 7) is 0. The van der Waals surface area contributed by atoms with Crippen molar-refractivity contribution >= 4 is 28.4 Å². The zero-order chi connectivity index (χ0) is 12.8. The van der Waals surface area contributed by atoms with Gasteiger partial charge in [-0.2, -0.15) is 0 Å². The molecule has 0 heterocycles. The molecule has 92 valence electrons. The van der Waals surface area contributed by atoms with Gasteiger partial charge in [0.05, 0.1) is 5.04 Å². The van der Waals surface area contributed by atoms with Crippen molar-refractivity contribution < 1.29 is 4.39 Å². The molecule has 0 spiro atoms. The van der Waals surface area contributed by atoms with E-state index in [1.54, 1.807) is 24.4 Å². The number of hydrogen-bond acceptors (Lipinski definition) is 3. The Morgan fingerprint density at radius 2 is 2.24 bits per heavy atom. The first-order valence-corrected chi connectivity index (χ1v) is 6.36. The standard InChI is InChI=1S/C12H14ClFN2S/c1-16(2)7-6-12(15)17-8-9-10(13)4-3-5-11(9)14/h3-7,15H,8H2,1-2H3. The molecule has 2 nitrogen and oxygen atoms in total. The molecule has 0 aliphatic rings. The molecule has 1 aromatic rings. The van der Waals surface area contributed by atoms with Crippen LogP contribution in [0.3, 0.4) is 0 Å². The molecular formula is C12H14ClFN2S. The Morgan fingerprint density at radius 3 is 2.82 bits per heavy atom. The van der Waals surface area contributed by atoms with E-state index in [4.69, 9.17) is 17.0 Å². The lowest BCUT2D eigenvalue weighted by Gasteiger charge is -2.06. The Bertz CT molecular complexity index is 412. The lowest BCUT2D eigenvalue weighted by molar-refractivity contribution is 0.564. The van der Waals surface area contributed by atoms with Crippen LogP contribution in [0.25, 0.3) is 0 Å². The van der Waals surface area contributed by atoms with Crippen molar-refractivity contribution in [2.45, 2.75) is 5.75 Å². The minimum Gasteiger partial charge on any atom is -0.383 e. The van der Waals surface area contributed by atoms with Gasteiger partial charge in [0.25, 0.3) is 0 Å². The van der Waals surface area contributed by atoms with E-state index >= 15 is 0 Å². The fourth-order valence-corrected chi connectivity index (χ4v) is 2.14. The Hall–Kier alpha value is -1.00. The molecular weight excluding hydrogens is 259 g/mol. The van der Waals surface area contributed by atoms with E-state index in [2.05, 4.69) is 0 Å². The molecule has 0 saturated carbocycles. The molecule has 1 N–H and O–H groups in total. The average Bonchev–Trinajstić information content (AvgIpc) is 2.25. The van der Waals surface area contributed by atoms with Crippen molar-refractivity contribution in [1.82, 2.24) is 4.90 Å². The lowest BCUT2D eigenvalue weighted by atomic mass is 10.2. The second-order valence-electron chi connectivity index (χ2n) is 3.63. The maximum atomic E-state index is 13.4. The average molecular weight is 273 g/mol. The van der Waals surface area contributed by atoms with Gasteiger partial charge in [0.1, 0.15) is 5.82 Å². The topological polar surface area (TPSA) is 27.1 Å². The lowest BCUT2D eigenvalue weighted by Crippen LogP contribution is -2.01. The molecule has 0 atom stereocenters. The summed E-state index contributed by atoms with van der Waals surface area (Å²) >= 11 is 7.14. The summed E-state index contributed by atoms with van der Waals surface area (Å²) in [5, 5.41) is 8.43. The molecule has 0 amide bonds. The van der Waals surface area contributed by atoms with Gasteiger partial charge in [-0.3, -0.25) is 5.41 Å². The van der Waals surface area contributed by atoms with Gasteiger partial charge in [-0.1, -0.05) is 17.7 Å². The van der Waals surface area contributed by atoms with Crippen molar-refractivity contribution in [1.29, 1.82) is 5.41 Å². The number of hydrogen-bond donors (Lipinski definition) is 1. The highest BCUT2D eigenvalue weighted by molar-refractivity contribution is 8.13. The Morgan fingerprint density at radius 1 is 1.53 bits per heavy atom. The summed E-state index contributed by atoms with van der Waals surface area (Å²) in [4.78, 5) is 1.84. The highest BCUT2D eigenvalue weighted by Gasteiger charge is 2.07. The van der Waals surface area contributed by atoms with E-state index in [1.807, 2.05) is 19.0 Å². The van der Waals surface area contributed by atoms with Crippen LogP contribution in [0.15, 0.2) is 30.5 Å². The zero-order valence-electron chi connectivity index (χ0n) is 9.71. The molecule has 0 radical (unpaired) electrons. The summed E-state index contributed by atoms with van der Waals surface area (Å²) in [5.41, 5.74) is 0.446. The van der Waals surface area contributed by atoms with Crippen LogP contribution >= 0.6 is 23.4 Å². The molecule has 1 rings (SSSR count). The summed E-state index contributed by atoms with van der Waals surface area (Å²) in [6.07, 6.45) is 3.44. The monoisotopic (exact) mass is 272 g/mol. The molecule has 0 fully saturated rings. The van der Waals surface area contributed by atoms with Crippen molar-refractivity contribution in [3.8, 4) is 0 Å². The maximum absolute atomic E-state index is 13.4. The molecule has 0 aliphatic heterocycles. The van der Waals surface area contributed by atoms with Crippen LogP contribution in [-0.4, -0.2) is 24.0 Å². The number of rotatable bonds is 4. The van der Waals surface area contributed by atoms with Crippen molar-refractivity contribution in [3.05, 3.63) is 46.9 Å². The van der Waals surface area contributed by atoms with Crippen LogP contribution in [0.1, 0.15) is 5.56 Å². The minimum absolute atomic E-state index is 0.325. The SMILES string of the molecule is CN(C)C=CC(=N)SCc1c(F)cccc1Cl. The molecule has 0 aromatic heterocycles. The third-order valence-electron chi connectivity index (χ3n) is 1.96. The fourth-order valence-electron chi connectivity index (χ4n) is 1.09. The van der Waals surface area contributed by atoms with Crippen LogP contribution in [0.4, 0.5) is 4.39 Å². The molecule has 5 heteroatoms. The molecule has 0 saturated heterocycles. The van der Waals surface area contributed by atoms with E-state index in [-0.39, 0.29) is 5.82 Å². The van der Waals surface area contributed by atoms with E-state index in [9.17, 15) is 4.39 Å². The molecule has 0 bridgehead atoms. The van der Waals surface area contributed by atoms with Crippen LogP contribution in [0, 0.1) is 11.2 Å². The molecule has 17 heavy (non-hydrogen) atoms. The van der Waals surface area contributed by atoms with Gasteiger partial charge in [0.15, 0.2) is 0 Å². The van der Waals surface area contributed by atoms with E-state index in [1.165, 1.54) is 17.8 Å². The van der Waals surface area contributed by atoms with Crippen LogP contribution < -0.4 is 0 Å². The zero-order valence-corrected chi connectivity index (χ0v) is 11.3. The highest BCUT2D eigenvalue weighted by atomic mass is 35.5. The first-order chi connectivity index (χ1) is 8.00. The van der Waals surface area contributed by atoms with Gasteiger partial charge < -0.3 is 4.90 Å². The molecule has 0 aliphatic carbocycles. The molecule has 1 aromatic carbocycles. The summed E-state index contributed by atoms with van der Waals surface area (Å²) in [7, 11) is 3.75.